The maximum Gasteiger partial charge on any atom is 0.177 e. The molecule has 4 heteroatoms. The SMILES string of the molecule is CC1(C)C(CNc2ccccc2S(C)(=O)=O)C1(C)C. The molecule has 1 fully saturated rings. The molecule has 1 aromatic rings. The van der Waals surface area contributed by atoms with Crippen molar-refractivity contribution in [2.24, 2.45) is 16.7 Å². The summed E-state index contributed by atoms with van der Waals surface area (Å²) in [7, 11) is -3.18. The topological polar surface area (TPSA) is 46.2 Å². The van der Waals surface area contributed by atoms with E-state index in [0.29, 0.717) is 27.3 Å². The zero-order valence-electron chi connectivity index (χ0n) is 12.3. The van der Waals surface area contributed by atoms with E-state index in [9.17, 15) is 8.42 Å². The van der Waals surface area contributed by atoms with E-state index in [1.165, 1.54) is 6.26 Å². The molecule has 1 N–H and O–H groups in total. The fraction of sp³-hybridized carbons (Fsp3) is 0.600. The van der Waals surface area contributed by atoms with Crippen LogP contribution < -0.4 is 5.32 Å². The lowest BCUT2D eigenvalue weighted by atomic mass is 10.0. The van der Waals surface area contributed by atoms with Gasteiger partial charge in [0, 0.05) is 12.8 Å². The third-order valence-corrected chi connectivity index (χ3v) is 6.26. The molecule has 0 amide bonds. The summed E-state index contributed by atoms with van der Waals surface area (Å²) in [4.78, 5) is 0.381. The second kappa shape index (κ2) is 4.23. The van der Waals surface area contributed by atoms with Gasteiger partial charge in [-0.3, -0.25) is 0 Å². The number of nitrogens with one attached hydrogen (secondary N) is 1. The average Bonchev–Trinajstić information content (AvgIpc) is 2.66. The molecule has 0 saturated heterocycles. The summed E-state index contributed by atoms with van der Waals surface area (Å²) < 4.78 is 23.5. The van der Waals surface area contributed by atoms with Crippen molar-refractivity contribution in [1.82, 2.24) is 0 Å². The Morgan fingerprint density at radius 1 is 1.11 bits per heavy atom. The normalized spacial score (nSPS) is 21.1. The van der Waals surface area contributed by atoms with Crippen LogP contribution in [0.15, 0.2) is 29.2 Å². The van der Waals surface area contributed by atoms with Gasteiger partial charge >= 0.3 is 0 Å². The molecule has 19 heavy (non-hydrogen) atoms. The Morgan fingerprint density at radius 2 is 1.63 bits per heavy atom. The molecule has 106 valence electrons. The first-order valence-corrected chi connectivity index (χ1v) is 8.50. The van der Waals surface area contributed by atoms with Crippen LogP contribution in [0, 0.1) is 16.7 Å². The van der Waals surface area contributed by atoms with E-state index in [0.717, 1.165) is 6.54 Å². The van der Waals surface area contributed by atoms with Gasteiger partial charge < -0.3 is 5.32 Å². The molecule has 0 unspecified atom stereocenters. The number of rotatable bonds is 4. The van der Waals surface area contributed by atoms with Crippen LogP contribution in [0.4, 0.5) is 5.69 Å². The van der Waals surface area contributed by atoms with E-state index in [4.69, 9.17) is 0 Å². The van der Waals surface area contributed by atoms with Crippen LogP contribution >= 0.6 is 0 Å². The second-order valence-corrected chi connectivity index (χ2v) is 8.63. The van der Waals surface area contributed by atoms with Crippen molar-refractivity contribution in [3.8, 4) is 0 Å². The van der Waals surface area contributed by atoms with Gasteiger partial charge in [-0.05, 0) is 28.9 Å². The van der Waals surface area contributed by atoms with Crippen molar-refractivity contribution >= 4 is 15.5 Å². The quantitative estimate of drug-likeness (QED) is 0.922. The van der Waals surface area contributed by atoms with E-state index < -0.39 is 9.84 Å². The molecular weight excluding hydrogens is 258 g/mol. The molecule has 1 aliphatic rings. The zero-order valence-corrected chi connectivity index (χ0v) is 13.1. The van der Waals surface area contributed by atoms with Gasteiger partial charge in [-0.1, -0.05) is 39.8 Å². The van der Waals surface area contributed by atoms with E-state index in [2.05, 4.69) is 33.0 Å². The lowest BCUT2D eigenvalue weighted by molar-refractivity contribution is 0.457. The maximum absolute atomic E-state index is 11.7. The Balaban J connectivity index is 2.15. The van der Waals surface area contributed by atoms with Gasteiger partial charge in [-0.2, -0.15) is 0 Å². The molecule has 1 aromatic carbocycles. The molecule has 0 aromatic heterocycles. The summed E-state index contributed by atoms with van der Waals surface area (Å²) in [6.45, 7) is 9.87. The van der Waals surface area contributed by atoms with Crippen LogP contribution in [-0.4, -0.2) is 21.2 Å². The lowest BCUT2D eigenvalue weighted by Gasteiger charge is -2.11. The minimum absolute atomic E-state index is 0.306. The zero-order chi connectivity index (χ0) is 14.5. The highest BCUT2D eigenvalue weighted by Crippen LogP contribution is 2.68. The first kappa shape index (κ1) is 14.4. The molecule has 0 heterocycles. The van der Waals surface area contributed by atoms with Gasteiger partial charge in [0.1, 0.15) is 0 Å². The van der Waals surface area contributed by atoms with Crippen LogP contribution in [0.1, 0.15) is 27.7 Å². The fourth-order valence-electron chi connectivity index (χ4n) is 2.99. The highest BCUT2D eigenvalue weighted by molar-refractivity contribution is 7.90. The van der Waals surface area contributed by atoms with Crippen molar-refractivity contribution in [3.05, 3.63) is 24.3 Å². The number of benzene rings is 1. The number of hydrogen-bond acceptors (Lipinski definition) is 3. The first-order chi connectivity index (χ1) is 8.58. The minimum atomic E-state index is -3.18. The molecule has 2 rings (SSSR count). The van der Waals surface area contributed by atoms with Crippen LogP contribution in [0.3, 0.4) is 0 Å². The van der Waals surface area contributed by atoms with Crippen molar-refractivity contribution < 1.29 is 8.42 Å². The summed E-state index contributed by atoms with van der Waals surface area (Å²) in [5, 5.41) is 3.31. The molecule has 0 spiro atoms. The highest BCUT2D eigenvalue weighted by atomic mass is 32.2. The van der Waals surface area contributed by atoms with Gasteiger partial charge in [0.2, 0.25) is 0 Å². The maximum atomic E-state index is 11.7. The van der Waals surface area contributed by atoms with E-state index in [1.54, 1.807) is 12.1 Å². The van der Waals surface area contributed by atoms with Gasteiger partial charge in [0.15, 0.2) is 9.84 Å². The summed E-state index contributed by atoms with van der Waals surface area (Å²) >= 11 is 0. The summed E-state index contributed by atoms with van der Waals surface area (Å²) in [6, 6.07) is 7.10. The monoisotopic (exact) mass is 281 g/mol. The van der Waals surface area contributed by atoms with Gasteiger partial charge in [-0.15, -0.1) is 0 Å². The smallest absolute Gasteiger partial charge is 0.177 e. The molecule has 1 saturated carbocycles. The fourth-order valence-corrected chi connectivity index (χ4v) is 3.86. The van der Waals surface area contributed by atoms with E-state index in [1.807, 2.05) is 12.1 Å². The average molecular weight is 281 g/mol. The van der Waals surface area contributed by atoms with Crippen LogP contribution in [0.2, 0.25) is 0 Å². The van der Waals surface area contributed by atoms with Crippen molar-refractivity contribution in [1.29, 1.82) is 0 Å². The minimum Gasteiger partial charge on any atom is -0.384 e. The molecule has 0 radical (unpaired) electrons. The van der Waals surface area contributed by atoms with Crippen LogP contribution in [-0.2, 0) is 9.84 Å². The third kappa shape index (κ3) is 2.38. The molecule has 0 atom stereocenters. The lowest BCUT2D eigenvalue weighted by Crippen LogP contribution is -2.11. The Kier molecular flexibility index (Phi) is 3.21. The van der Waals surface area contributed by atoms with Crippen LogP contribution in [0.25, 0.3) is 0 Å². The standard InChI is InChI=1S/C15H23NO2S/c1-14(2)13(15(14,3)4)10-16-11-8-6-7-9-12(11)19(5,17)18/h6-9,13,16H,10H2,1-5H3. The Hall–Kier alpha value is -1.03. The third-order valence-electron chi connectivity index (χ3n) is 5.10. The Bertz CT molecular complexity index is 574. The molecular formula is C15H23NO2S. The van der Waals surface area contributed by atoms with Crippen molar-refractivity contribution in [2.45, 2.75) is 32.6 Å². The van der Waals surface area contributed by atoms with Gasteiger partial charge in [0.25, 0.3) is 0 Å². The summed E-state index contributed by atoms with van der Waals surface area (Å²) in [6.07, 6.45) is 1.25. The second-order valence-electron chi connectivity index (χ2n) is 6.65. The van der Waals surface area contributed by atoms with Crippen molar-refractivity contribution in [3.63, 3.8) is 0 Å². The summed E-state index contributed by atoms with van der Waals surface area (Å²) in [5.41, 5.74) is 1.32. The summed E-state index contributed by atoms with van der Waals surface area (Å²) in [5.74, 6) is 0.563. The Morgan fingerprint density at radius 3 is 2.11 bits per heavy atom. The number of sulfone groups is 1. The molecule has 1 aliphatic carbocycles. The van der Waals surface area contributed by atoms with E-state index in [-0.39, 0.29) is 0 Å². The molecule has 3 nitrogen and oxygen atoms in total. The van der Waals surface area contributed by atoms with Gasteiger partial charge in [0.05, 0.1) is 10.6 Å². The number of hydrogen-bond donors (Lipinski definition) is 1. The highest BCUT2D eigenvalue weighted by Gasteiger charge is 2.64. The Labute approximate surface area is 116 Å². The number of para-hydroxylation sites is 1. The molecule has 0 aliphatic heterocycles. The van der Waals surface area contributed by atoms with E-state index >= 15 is 0 Å². The van der Waals surface area contributed by atoms with Crippen molar-refractivity contribution in [2.75, 3.05) is 18.1 Å². The predicted molar refractivity (Wildman–Crippen MR) is 79.1 cm³/mol. The molecule has 0 bridgehead atoms. The largest absolute Gasteiger partial charge is 0.384 e. The van der Waals surface area contributed by atoms with Crippen LogP contribution in [0.5, 0.6) is 0 Å². The predicted octanol–water partition coefficient (Wildman–Crippen LogP) is 3.18. The van der Waals surface area contributed by atoms with Gasteiger partial charge in [-0.25, -0.2) is 8.42 Å². The first-order valence-electron chi connectivity index (χ1n) is 6.61. The number of anilines is 1.